The summed E-state index contributed by atoms with van der Waals surface area (Å²) in [7, 11) is 1.59. The van der Waals surface area contributed by atoms with Crippen molar-refractivity contribution in [2.75, 3.05) is 30.8 Å². The van der Waals surface area contributed by atoms with Crippen LogP contribution in [0.5, 0.6) is 0 Å². The van der Waals surface area contributed by atoms with Crippen molar-refractivity contribution in [1.82, 2.24) is 4.90 Å². The Bertz CT molecular complexity index is 855. The molecular weight excluding hydrogens is 431 g/mol. The molecule has 2 aromatic rings. The van der Waals surface area contributed by atoms with Gasteiger partial charge in [-0.25, -0.2) is 0 Å². The number of alkyl halides is 2. The molecule has 150 valence electrons. The van der Waals surface area contributed by atoms with Crippen LogP contribution < -0.4 is 10.6 Å². The zero-order chi connectivity index (χ0) is 20.7. The van der Waals surface area contributed by atoms with Gasteiger partial charge in [0.1, 0.15) is 0 Å². The largest absolute Gasteiger partial charge is 0.325 e. The molecule has 28 heavy (non-hydrogen) atoms. The third-order valence-electron chi connectivity index (χ3n) is 3.41. The zero-order valence-electron chi connectivity index (χ0n) is 14.7. The average molecular weight is 448 g/mol. The number of hydrogen-bond donors (Lipinski definition) is 2. The number of anilines is 2. The Balaban J connectivity index is 1.87. The molecule has 2 N–H and O–H groups in total. The van der Waals surface area contributed by atoms with Crippen molar-refractivity contribution in [3.05, 3.63) is 52.5 Å². The van der Waals surface area contributed by atoms with Gasteiger partial charge in [-0.15, -0.1) is 0 Å². The van der Waals surface area contributed by atoms with Crippen molar-refractivity contribution in [1.29, 1.82) is 0 Å². The highest BCUT2D eigenvalue weighted by Gasteiger charge is 2.14. The lowest BCUT2D eigenvalue weighted by atomic mass is 10.3. The third kappa shape index (κ3) is 7.27. The third-order valence-corrected chi connectivity index (χ3v) is 4.93. The lowest BCUT2D eigenvalue weighted by Gasteiger charge is -2.17. The van der Waals surface area contributed by atoms with E-state index in [-0.39, 0.29) is 23.9 Å². The first-order chi connectivity index (χ1) is 13.2. The van der Waals surface area contributed by atoms with E-state index in [1.807, 2.05) is 0 Å². The Morgan fingerprint density at radius 3 is 2.32 bits per heavy atom. The van der Waals surface area contributed by atoms with Crippen molar-refractivity contribution in [2.45, 2.75) is 10.7 Å². The Morgan fingerprint density at radius 2 is 1.68 bits per heavy atom. The highest BCUT2D eigenvalue weighted by molar-refractivity contribution is 7.99. The first-order valence-electron chi connectivity index (χ1n) is 8.01. The fourth-order valence-corrected chi connectivity index (χ4v) is 3.17. The van der Waals surface area contributed by atoms with Crippen LogP contribution in [-0.4, -0.2) is 42.6 Å². The molecule has 0 atom stereocenters. The molecule has 10 heteroatoms. The normalized spacial score (nSPS) is 11.0. The van der Waals surface area contributed by atoms with Crippen LogP contribution in [0.1, 0.15) is 0 Å². The molecule has 0 spiro atoms. The minimum Gasteiger partial charge on any atom is -0.325 e. The summed E-state index contributed by atoms with van der Waals surface area (Å²) in [5, 5.41) is 5.92. The standard InChI is InChI=1S/C18H17Cl2F2N3O2S/c1-25(9-16(26)23-11-6-7-12(19)13(20)8-11)10-17(27)24-14-4-2-3-5-15(14)28-18(21)22/h2-8,18H,9-10H2,1H3,(H,23,26)(H,24,27). The predicted molar refractivity (Wildman–Crippen MR) is 110 cm³/mol. The first kappa shape index (κ1) is 22.4. The van der Waals surface area contributed by atoms with Gasteiger partial charge in [0, 0.05) is 10.6 Å². The van der Waals surface area contributed by atoms with E-state index in [0.29, 0.717) is 33.2 Å². The maximum absolute atomic E-state index is 12.6. The molecule has 0 unspecified atom stereocenters. The smallest absolute Gasteiger partial charge is 0.288 e. The maximum Gasteiger partial charge on any atom is 0.288 e. The molecule has 0 saturated heterocycles. The second-order valence-corrected chi connectivity index (χ2v) is 7.62. The number of thioether (sulfide) groups is 1. The summed E-state index contributed by atoms with van der Waals surface area (Å²) in [4.78, 5) is 26.0. The van der Waals surface area contributed by atoms with Crippen molar-refractivity contribution in [3.8, 4) is 0 Å². The molecule has 0 fully saturated rings. The molecule has 0 aromatic heterocycles. The van der Waals surface area contributed by atoms with E-state index in [2.05, 4.69) is 10.6 Å². The van der Waals surface area contributed by atoms with Crippen LogP contribution in [0.2, 0.25) is 10.0 Å². The van der Waals surface area contributed by atoms with Crippen molar-refractivity contribution in [2.24, 2.45) is 0 Å². The predicted octanol–water partition coefficient (Wildman–Crippen LogP) is 4.82. The minimum absolute atomic E-state index is 0.0545. The summed E-state index contributed by atoms with van der Waals surface area (Å²) in [5.74, 6) is -3.36. The number of amides is 2. The van der Waals surface area contributed by atoms with Crippen LogP contribution in [0.4, 0.5) is 20.2 Å². The van der Waals surface area contributed by atoms with Gasteiger partial charge in [-0.1, -0.05) is 47.1 Å². The quantitative estimate of drug-likeness (QED) is 0.569. The number of nitrogens with one attached hydrogen (secondary N) is 2. The molecule has 0 heterocycles. The number of carbonyl (C=O) groups excluding carboxylic acids is 2. The van der Waals surface area contributed by atoms with E-state index < -0.39 is 11.7 Å². The Labute approximate surface area is 175 Å². The molecule has 2 aromatic carbocycles. The lowest BCUT2D eigenvalue weighted by molar-refractivity contribution is -0.119. The molecule has 0 aliphatic heterocycles. The van der Waals surface area contributed by atoms with Gasteiger partial charge >= 0.3 is 0 Å². The SMILES string of the molecule is CN(CC(=O)Nc1ccc(Cl)c(Cl)c1)CC(=O)Nc1ccccc1SC(F)F. The summed E-state index contributed by atoms with van der Waals surface area (Å²) < 4.78 is 25.2. The van der Waals surface area contributed by atoms with Gasteiger partial charge in [0.15, 0.2) is 0 Å². The van der Waals surface area contributed by atoms with Crippen molar-refractivity contribution >= 4 is 58.2 Å². The van der Waals surface area contributed by atoms with Crippen molar-refractivity contribution in [3.63, 3.8) is 0 Å². The molecule has 0 radical (unpaired) electrons. The van der Waals surface area contributed by atoms with E-state index >= 15 is 0 Å². The molecule has 0 saturated carbocycles. The van der Waals surface area contributed by atoms with E-state index in [0.717, 1.165) is 0 Å². The summed E-state index contributed by atoms with van der Waals surface area (Å²) in [5.41, 5.74) is 0.779. The second kappa shape index (κ2) is 10.6. The van der Waals surface area contributed by atoms with Crippen LogP contribution in [0.25, 0.3) is 0 Å². The molecule has 0 aliphatic rings. The molecule has 2 rings (SSSR count). The van der Waals surface area contributed by atoms with Gasteiger partial charge in [-0.05, 0) is 37.4 Å². The fraction of sp³-hybridized carbons (Fsp3) is 0.222. The van der Waals surface area contributed by atoms with E-state index in [4.69, 9.17) is 23.2 Å². The highest BCUT2D eigenvalue weighted by Crippen LogP contribution is 2.31. The zero-order valence-corrected chi connectivity index (χ0v) is 17.0. The van der Waals surface area contributed by atoms with Gasteiger partial charge in [0.2, 0.25) is 11.8 Å². The number of rotatable bonds is 8. The van der Waals surface area contributed by atoms with Gasteiger partial charge in [-0.2, -0.15) is 8.78 Å². The van der Waals surface area contributed by atoms with Gasteiger partial charge in [-0.3, -0.25) is 14.5 Å². The molecule has 2 amide bonds. The van der Waals surface area contributed by atoms with E-state index in [9.17, 15) is 18.4 Å². The first-order valence-corrected chi connectivity index (χ1v) is 9.65. The number of nitrogens with zero attached hydrogens (tertiary/aromatic N) is 1. The number of likely N-dealkylation sites (N-methyl/N-ethyl adjacent to an activating group) is 1. The topological polar surface area (TPSA) is 61.4 Å². The van der Waals surface area contributed by atoms with E-state index in [1.54, 1.807) is 37.4 Å². The van der Waals surface area contributed by atoms with Gasteiger partial charge in [0.05, 0.1) is 28.8 Å². The van der Waals surface area contributed by atoms with Crippen LogP contribution >= 0.6 is 35.0 Å². The van der Waals surface area contributed by atoms with E-state index in [1.165, 1.54) is 17.0 Å². The summed E-state index contributed by atoms with van der Waals surface area (Å²) in [6.07, 6.45) is 0. The molecule has 5 nitrogen and oxygen atoms in total. The Morgan fingerprint density at radius 1 is 1.04 bits per heavy atom. The van der Waals surface area contributed by atoms with Gasteiger partial charge < -0.3 is 10.6 Å². The number of para-hydroxylation sites is 1. The second-order valence-electron chi connectivity index (χ2n) is 5.77. The maximum atomic E-state index is 12.6. The van der Waals surface area contributed by atoms with Crippen molar-refractivity contribution < 1.29 is 18.4 Å². The summed E-state index contributed by atoms with van der Waals surface area (Å²) in [6.45, 7) is -0.149. The number of benzene rings is 2. The number of hydrogen-bond acceptors (Lipinski definition) is 4. The number of halogens is 4. The summed E-state index contributed by atoms with van der Waals surface area (Å²) >= 11 is 12.1. The molecule has 0 aliphatic carbocycles. The van der Waals surface area contributed by atoms with Gasteiger partial charge in [0.25, 0.3) is 5.76 Å². The molecular formula is C18H17Cl2F2N3O2S. The Kier molecular flexibility index (Phi) is 8.50. The summed E-state index contributed by atoms with van der Waals surface area (Å²) in [6, 6.07) is 11.0. The lowest BCUT2D eigenvalue weighted by Crippen LogP contribution is -2.36. The van der Waals surface area contributed by atoms with Crippen LogP contribution in [0, 0.1) is 0 Å². The monoisotopic (exact) mass is 447 g/mol. The molecule has 0 bridgehead atoms. The average Bonchev–Trinajstić information content (AvgIpc) is 2.59. The van der Waals surface area contributed by atoms with Crippen LogP contribution in [0.3, 0.4) is 0 Å². The minimum atomic E-state index is -2.59. The Hall–Kier alpha value is -1.87. The fourth-order valence-electron chi connectivity index (χ4n) is 2.28. The van der Waals surface area contributed by atoms with Crippen LogP contribution in [0.15, 0.2) is 47.4 Å². The highest BCUT2D eigenvalue weighted by atomic mass is 35.5. The number of carbonyl (C=O) groups is 2. The van der Waals surface area contributed by atoms with Crippen LogP contribution in [-0.2, 0) is 9.59 Å².